The Balaban J connectivity index is 2.91. The molecule has 0 saturated heterocycles. The summed E-state index contributed by atoms with van der Waals surface area (Å²) in [4.78, 5) is 15.0. The van der Waals surface area contributed by atoms with E-state index in [9.17, 15) is 4.79 Å². The number of aldehydes is 1. The van der Waals surface area contributed by atoms with E-state index in [1.807, 2.05) is 14.0 Å². The number of hydrogen-bond acceptors (Lipinski definition) is 3. The van der Waals surface area contributed by atoms with Crippen LogP contribution < -0.4 is 0 Å². The van der Waals surface area contributed by atoms with Crippen LogP contribution in [0.1, 0.15) is 16.1 Å². The van der Waals surface area contributed by atoms with E-state index in [0.29, 0.717) is 5.56 Å². The Morgan fingerprint density at radius 2 is 2.31 bits per heavy atom. The molecular weight excluding hydrogens is 166 g/mol. The molecule has 0 radical (unpaired) electrons. The second kappa shape index (κ2) is 2.65. The SMILES string of the molecule is Cc1cc(C=O)c2cnn(C)c2n1. The normalized spacial score (nSPS) is 10.6. The zero-order chi connectivity index (χ0) is 9.42. The van der Waals surface area contributed by atoms with Crippen molar-refractivity contribution < 1.29 is 4.79 Å². The first-order valence-electron chi connectivity index (χ1n) is 3.97. The van der Waals surface area contributed by atoms with E-state index in [2.05, 4.69) is 10.1 Å². The summed E-state index contributed by atoms with van der Waals surface area (Å²) in [6.07, 6.45) is 2.49. The van der Waals surface area contributed by atoms with Gasteiger partial charge >= 0.3 is 0 Å². The van der Waals surface area contributed by atoms with Gasteiger partial charge in [-0.2, -0.15) is 5.10 Å². The molecule has 0 aliphatic heterocycles. The summed E-state index contributed by atoms with van der Waals surface area (Å²) in [5.74, 6) is 0. The lowest BCUT2D eigenvalue weighted by molar-refractivity contribution is 0.112. The van der Waals surface area contributed by atoms with E-state index in [1.54, 1.807) is 16.9 Å². The van der Waals surface area contributed by atoms with Crippen LogP contribution in [0.5, 0.6) is 0 Å². The van der Waals surface area contributed by atoms with E-state index in [1.165, 1.54) is 0 Å². The zero-order valence-corrected chi connectivity index (χ0v) is 7.48. The standard InChI is InChI=1S/C9H9N3O/c1-6-3-7(5-13)8-4-10-12(2)9(8)11-6/h3-5H,1-2H3. The maximum absolute atomic E-state index is 10.7. The number of pyridine rings is 1. The van der Waals surface area contributed by atoms with Gasteiger partial charge in [0.15, 0.2) is 11.9 Å². The van der Waals surface area contributed by atoms with Crippen molar-refractivity contribution in [2.24, 2.45) is 7.05 Å². The lowest BCUT2D eigenvalue weighted by Gasteiger charge is -1.97. The first-order chi connectivity index (χ1) is 6.22. The molecule has 0 saturated carbocycles. The fourth-order valence-electron chi connectivity index (χ4n) is 1.37. The Bertz CT molecular complexity index is 473. The summed E-state index contributed by atoms with van der Waals surface area (Å²) in [7, 11) is 1.81. The van der Waals surface area contributed by atoms with Gasteiger partial charge in [0.25, 0.3) is 0 Å². The summed E-state index contributed by atoms with van der Waals surface area (Å²) in [5.41, 5.74) is 2.23. The minimum Gasteiger partial charge on any atom is -0.298 e. The number of rotatable bonds is 1. The van der Waals surface area contributed by atoms with Crippen molar-refractivity contribution in [3.8, 4) is 0 Å². The van der Waals surface area contributed by atoms with Crippen molar-refractivity contribution >= 4 is 17.3 Å². The van der Waals surface area contributed by atoms with Gasteiger partial charge in [-0.25, -0.2) is 4.98 Å². The maximum Gasteiger partial charge on any atom is 0.158 e. The molecule has 0 atom stereocenters. The second-order valence-electron chi connectivity index (χ2n) is 2.98. The molecule has 0 amide bonds. The highest BCUT2D eigenvalue weighted by Gasteiger charge is 2.06. The Morgan fingerprint density at radius 3 is 3.00 bits per heavy atom. The predicted molar refractivity (Wildman–Crippen MR) is 48.6 cm³/mol. The highest BCUT2D eigenvalue weighted by atomic mass is 16.1. The van der Waals surface area contributed by atoms with Gasteiger partial charge < -0.3 is 0 Å². The van der Waals surface area contributed by atoms with Gasteiger partial charge in [0.05, 0.1) is 6.20 Å². The molecule has 4 heteroatoms. The summed E-state index contributed by atoms with van der Waals surface area (Å²) < 4.78 is 1.66. The molecule has 13 heavy (non-hydrogen) atoms. The molecule has 4 nitrogen and oxygen atoms in total. The van der Waals surface area contributed by atoms with E-state index in [4.69, 9.17) is 0 Å². The lowest BCUT2D eigenvalue weighted by Crippen LogP contribution is -1.94. The maximum atomic E-state index is 10.7. The van der Waals surface area contributed by atoms with Gasteiger partial charge in [0.2, 0.25) is 0 Å². The van der Waals surface area contributed by atoms with Crippen LogP contribution in [0.2, 0.25) is 0 Å². The minimum absolute atomic E-state index is 0.649. The van der Waals surface area contributed by atoms with Crippen molar-refractivity contribution in [2.75, 3.05) is 0 Å². The topological polar surface area (TPSA) is 47.8 Å². The Labute approximate surface area is 75.2 Å². The predicted octanol–water partition coefficient (Wildman–Crippen LogP) is 1.09. The highest BCUT2D eigenvalue weighted by molar-refractivity contribution is 5.94. The number of carbonyl (C=O) groups excluding carboxylic acids is 1. The molecule has 0 aliphatic carbocycles. The number of hydrogen-bond donors (Lipinski definition) is 0. The molecule has 0 bridgehead atoms. The van der Waals surface area contributed by atoms with Crippen LogP contribution in [-0.4, -0.2) is 21.1 Å². The van der Waals surface area contributed by atoms with E-state index in [0.717, 1.165) is 23.0 Å². The Kier molecular flexibility index (Phi) is 1.62. The molecule has 0 fully saturated rings. The van der Waals surface area contributed by atoms with Crippen LogP contribution in [0.15, 0.2) is 12.3 Å². The van der Waals surface area contributed by atoms with E-state index < -0.39 is 0 Å². The van der Waals surface area contributed by atoms with Gasteiger partial charge in [-0.05, 0) is 13.0 Å². The Morgan fingerprint density at radius 1 is 1.54 bits per heavy atom. The first kappa shape index (κ1) is 7.91. The fraction of sp³-hybridized carbons (Fsp3) is 0.222. The number of fused-ring (bicyclic) bond motifs is 1. The van der Waals surface area contributed by atoms with Gasteiger partial charge in [0, 0.05) is 23.7 Å². The van der Waals surface area contributed by atoms with Crippen molar-refractivity contribution in [1.29, 1.82) is 0 Å². The molecule has 2 heterocycles. The van der Waals surface area contributed by atoms with Crippen molar-refractivity contribution in [1.82, 2.24) is 14.8 Å². The third kappa shape index (κ3) is 1.11. The third-order valence-electron chi connectivity index (χ3n) is 1.99. The highest BCUT2D eigenvalue weighted by Crippen LogP contribution is 2.15. The van der Waals surface area contributed by atoms with Crippen molar-refractivity contribution in [2.45, 2.75) is 6.92 Å². The summed E-state index contributed by atoms with van der Waals surface area (Å²) in [6, 6.07) is 1.76. The van der Waals surface area contributed by atoms with Gasteiger partial charge in [-0.15, -0.1) is 0 Å². The molecule has 2 aromatic rings. The van der Waals surface area contributed by atoms with Crippen molar-refractivity contribution in [3.05, 3.63) is 23.5 Å². The second-order valence-corrected chi connectivity index (χ2v) is 2.98. The number of carbonyl (C=O) groups is 1. The lowest BCUT2D eigenvalue weighted by atomic mass is 10.2. The van der Waals surface area contributed by atoms with Crippen LogP contribution in [0.4, 0.5) is 0 Å². The van der Waals surface area contributed by atoms with Crippen molar-refractivity contribution in [3.63, 3.8) is 0 Å². The number of nitrogens with zero attached hydrogens (tertiary/aromatic N) is 3. The van der Waals surface area contributed by atoms with E-state index in [-0.39, 0.29) is 0 Å². The zero-order valence-electron chi connectivity index (χ0n) is 7.48. The summed E-state index contributed by atoms with van der Waals surface area (Å²) in [6.45, 7) is 1.86. The molecular formula is C9H9N3O. The van der Waals surface area contributed by atoms with Crippen LogP contribution in [0, 0.1) is 6.92 Å². The molecule has 0 aromatic carbocycles. The van der Waals surface area contributed by atoms with Gasteiger partial charge in [-0.3, -0.25) is 9.48 Å². The number of aromatic nitrogens is 3. The summed E-state index contributed by atoms with van der Waals surface area (Å²) in [5, 5.41) is 4.85. The average molecular weight is 175 g/mol. The Hall–Kier alpha value is -1.71. The first-order valence-corrected chi connectivity index (χ1v) is 3.97. The largest absolute Gasteiger partial charge is 0.298 e. The minimum atomic E-state index is 0.649. The molecule has 0 N–H and O–H groups in total. The molecule has 0 unspecified atom stereocenters. The molecule has 2 aromatic heterocycles. The average Bonchev–Trinajstić information content (AvgIpc) is 2.47. The number of aryl methyl sites for hydroxylation is 2. The molecule has 66 valence electrons. The quantitative estimate of drug-likeness (QED) is 0.609. The molecule has 2 rings (SSSR count). The van der Waals surface area contributed by atoms with Gasteiger partial charge in [0.1, 0.15) is 0 Å². The third-order valence-corrected chi connectivity index (χ3v) is 1.99. The van der Waals surface area contributed by atoms with E-state index >= 15 is 0 Å². The monoisotopic (exact) mass is 175 g/mol. The van der Waals surface area contributed by atoms with Crippen LogP contribution in [-0.2, 0) is 7.05 Å². The van der Waals surface area contributed by atoms with Crippen LogP contribution >= 0.6 is 0 Å². The fourth-order valence-corrected chi connectivity index (χ4v) is 1.37. The molecule has 0 aliphatic rings. The van der Waals surface area contributed by atoms with Crippen LogP contribution in [0.25, 0.3) is 11.0 Å². The smallest absolute Gasteiger partial charge is 0.158 e. The van der Waals surface area contributed by atoms with Crippen LogP contribution in [0.3, 0.4) is 0 Å². The molecule has 0 spiro atoms. The van der Waals surface area contributed by atoms with Gasteiger partial charge in [-0.1, -0.05) is 0 Å². The summed E-state index contributed by atoms with van der Waals surface area (Å²) >= 11 is 0.